The molecule has 1 aliphatic carbocycles. The maximum Gasteiger partial charge on any atom is 0.193 e. The zero-order valence-corrected chi connectivity index (χ0v) is 13.0. The summed E-state index contributed by atoms with van der Waals surface area (Å²) in [5.74, 6) is 0.914. The molecule has 110 valence electrons. The molecular formula is C16H16ClNO3. The van der Waals surface area contributed by atoms with Crippen LogP contribution in [-0.4, -0.2) is 18.8 Å². The van der Waals surface area contributed by atoms with Crippen LogP contribution in [0.5, 0.6) is 11.5 Å². The topological polar surface area (TPSA) is 40.5 Å². The number of aromatic nitrogens is 1. The number of aryl methyl sites for hydroxylation is 1. The number of methoxy groups -OCH3 is 2. The Morgan fingerprint density at radius 1 is 1.29 bits per heavy atom. The maximum atomic E-state index is 12.8. The molecule has 21 heavy (non-hydrogen) atoms. The van der Waals surface area contributed by atoms with Crippen LogP contribution in [0.25, 0.3) is 17.0 Å². The molecule has 1 aliphatic rings. The number of benzene rings is 1. The molecule has 0 spiro atoms. The van der Waals surface area contributed by atoms with E-state index >= 15 is 0 Å². The van der Waals surface area contributed by atoms with Gasteiger partial charge in [0.1, 0.15) is 10.8 Å². The number of rotatable bonds is 2. The predicted molar refractivity (Wildman–Crippen MR) is 84.7 cm³/mol. The summed E-state index contributed by atoms with van der Waals surface area (Å²) < 4.78 is 12.7. The van der Waals surface area contributed by atoms with E-state index in [-0.39, 0.29) is 5.43 Å². The molecule has 0 saturated heterocycles. The van der Waals surface area contributed by atoms with Crippen molar-refractivity contribution in [2.75, 3.05) is 14.2 Å². The Hall–Kier alpha value is -1.94. The Balaban J connectivity index is 2.55. The van der Waals surface area contributed by atoms with E-state index in [9.17, 15) is 4.79 Å². The lowest BCUT2D eigenvalue weighted by molar-refractivity contribution is 0.397. The van der Waals surface area contributed by atoms with Gasteiger partial charge in [0.05, 0.1) is 25.1 Å². The molecule has 0 radical (unpaired) electrons. The molecule has 0 fully saturated rings. The molecule has 5 heteroatoms. The summed E-state index contributed by atoms with van der Waals surface area (Å²) in [7, 11) is 4.99. The first-order chi connectivity index (χ1) is 10.1. The van der Waals surface area contributed by atoms with Crippen LogP contribution in [0.1, 0.15) is 17.7 Å². The van der Waals surface area contributed by atoms with E-state index in [1.54, 1.807) is 13.2 Å². The molecule has 1 aromatic heterocycles. The first-order valence-electron chi connectivity index (χ1n) is 6.72. The molecule has 3 rings (SSSR count). The van der Waals surface area contributed by atoms with Gasteiger partial charge in [-0.3, -0.25) is 4.79 Å². The van der Waals surface area contributed by atoms with Crippen LogP contribution in [0.4, 0.5) is 0 Å². The molecule has 0 bridgehead atoms. The lowest BCUT2D eigenvalue weighted by atomic mass is 9.98. The molecule has 0 N–H and O–H groups in total. The molecule has 0 atom stereocenters. The van der Waals surface area contributed by atoms with Crippen molar-refractivity contribution in [1.82, 2.24) is 4.57 Å². The zero-order valence-electron chi connectivity index (χ0n) is 12.2. The molecular weight excluding hydrogens is 290 g/mol. The van der Waals surface area contributed by atoms with Gasteiger partial charge in [-0.1, -0.05) is 17.7 Å². The number of hydrogen-bond donors (Lipinski definition) is 0. The highest BCUT2D eigenvalue weighted by Crippen LogP contribution is 2.40. The third-order valence-electron chi connectivity index (χ3n) is 3.95. The van der Waals surface area contributed by atoms with Crippen molar-refractivity contribution in [1.29, 1.82) is 0 Å². The van der Waals surface area contributed by atoms with E-state index < -0.39 is 0 Å². The van der Waals surface area contributed by atoms with E-state index in [1.807, 2.05) is 17.7 Å². The van der Waals surface area contributed by atoms with Gasteiger partial charge in [0.2, 0.25) is 0 Å². The Bertz CT molecular complexity index is 821. The van der Waals surface area contributed by atoms with E-state index in [4.69, 9.17) is 21.1 Å². The summed E-state index contributed by atoms with van der Waals surface area (Å²) >= 11 is 6.31. The summed E-state index contributed by atoms with van der Waals surface area (Å²) in [5, 5.41) is 0.951. The van der Waals surface area contributed by atoms with Gasteiger partial charge in [-0.2, -0.15) is 0 Å². The second kappa shape index (κ2) is 5.11. The normalized spacial score (nSPS) is 13.3. The SMILES string of the molecule is COc1cc2c(=O)c3c(n(C)c2c(OC)c1Cl)C=CCC3. The van der Waals surface area contributed by atoms with Crippen molar-refractivity contribution in [2.24, 2.45) is 7.05 Å². The molecule has 0 aliphatic heterocycles. The number of halogens is 1. The lowest BCUT2D eigenvalue weighted by Crippen LogP contribution is -2.19. The summed E-state index contributed by atoms with van der Waals surface area (Å²) in [6.45, 7) is 0. The van der Waals surface area contributed by atoms with Gasteiger partial charge < -0.3 is 14.0 Å². The summed E-state index contributed by atoms with van der Waals surface area (Å²) in [4.78, 5) is 12.8. The van der Waals surface area contributed by atoms with E-state index in [1.165, 1.54) is 7.11 Å². The Kier molecular flexibility index (Phi) is 3.41. The average molecular weight is 306 g/mol. The van der Waals surface area contributed by atoms with Crippen LogP contribution in [0.3, 0.4) is 0 Å². The fraction of sp³-hybridized carbons (Fsp3) is 0.312. The van der Waals surface area contributed by atoms with Crippen LogP contribution in [0, 0.1) is 0 Å². The van der Waals surface area contributed by atoms with Crippen molar-refractivity contribution >= 4 is 28.6 Å². The molecule has 1 heterocycles. The molecule has 4 nitrogen and oxygen atoms in total. The van der Waals surface area contributed by atoms with E-state index in [0.29, 0.717) is 27.4 Å². The van der Waals surface area contributed by atoms with Crippen LogP contribution in [-0.2, 0) is 13.5 Å². The Labute approximate surface area is 127 Å². The fourth-order valence-corrected chi connectivity index (χ4v) is 3.22. The molecule has 0 saturated carbocycles. The smallest absolute Gasteiger partial charge is 0.193 e. The van der Waals surface area contributed by atoms with Crippen molar-refractivity contribution in [3.05, 3.63) is 38.6 Å². The largest absolute Gasteiger partial charge is 0.495 e. The highest BCUT2D eigenvalue weighted by molar-refractivity contribution is 6.34. The third-order valence-corrected chi connectivity index (χ3v) is 4.30. The monoisotopic (exact) mass is 305 g/mol. The predicted octanol–water partition coefficient (Wildman–Crippen LogP) is 3.17. The van der Waals surface area contributed by atoms with Crippen LogP contribution in [0.2, 0.25) is 5.02 Å². The number of ether oxygens (including phenoxy) is 2. The quantitative estimate of drug-likeness (QED) is 0.855. The second-order valence-corrected chi connectivity index (χ2v) is 5.39. The Morgan fingerprint density at radius 3 is 2.71 bits per heavy atom. The summed E-state index contributed by atoms with van der Waals surface area (Å²) in [6, 6.07) is 1.70. The second-order valence-electron chi connectivity index (χ2n) is 5.02. The number of nitrogens with zero attached hydrogens (tertiary/aromatic N) is 1. The van der Waals surface area contributed by atoms with E-state index in [0.717, 1.165) is 24.1 Å². The van der Waals surface area contributed by atoms with Crippen molar-refractivity contribution < 1.29 is 9.47 Å². The van der Waals surface area contributed by atoms with Crippen LogP contribution >= 0.6 is 11.6 Å². The van der Waals surface area contributed by atoms with Crippen molar-refractivity contribution in [2.45, 2.75) is 12.8 Å². The minimum atomic E-state index is 0.0238. The highest BCUT2D eigenvalue weighted by Gasteiger charge is 2.22. The van der Waals surface area contributed by atoms with Gasteiger partial charge in [0, 0.05) is 18.3 Å². The van der Waals surface area contributed by atoms with Gasteiger partial charge in [0.15, 0.2) is 11.2 Å². The van der Waals surface area contributed by atoms with Crippen molar-refractivity contribution in [3.8, 4) is 11.5 Å². The first kappa shape index (κ1) is 14.0. The number of allylic oxidation sites excluding steroid dienone is 1. The van der Waals surface area contributed by atoms with Gasteiger partial charge in [-0.15, -0.1) is 0 Å². The van der Waals surface area contributed by atoms with E-state index in [2.05, 4.69) is 6.08 Å². The van der Waals surface area contributed by atoms with Crippen molar-refractivity contribution in [3.63, 3.8) is 0 Å². The molecule has 0 unspecified atom stereocenters. The third kappa shape index (κ3) is 1.94. The first-order valence-corrected chi connectivity index (χ1v) is 7.10. The Morgan fingerprint density at radius 2 is 2.05 bits per heavy atom. The maximum absolute atomic E-state index is 12.8. The van der Waals surface area contributed by atoms with Crippen LogP contribution < -0.4 is 14.9 Å². The lowest BCUT2D eigenvalue weighted by Gasteiger charge is -2.20. The fourth-order valence-electron chi connectivity index (χ4n) is 2.92. The number of fused-ring (bicyclic) bond motifs is 2. The highest BCUT2D eigenvalue weighted by atomic mass is 35.5. The standard InChI is InChI=1S/C16H16ClNO3/c1-18-11-7-5-4-6-9(11)15(19)10-8-12(20-2)13(17)16(21-3)14(10)18/h5,7-8H,4,6H2,1-3H3. The summed E-state index contributed by atoms with van der Waals surface area (Å²) in [5.41, 5.74) is 2.46. The van der Waals surface area contributed by atoms with Gasteiger partial charge in [-0.25, -0.2) is 0 Å². The number of pyridine rings is 1. The van der Waals surface area contributed by atoms with Gasteiger partial charge >= 0.3 is 0 Å². The number of hydrogen-bond acceptors (Lipinski definition) is 3. The minimum absolute atomic E-state index is 0.0238. The minimum Gasteiger partial charge on any atom is -0.495 e. The van der Waals surface area contributed by atoms with Gasteiger partial charge in [0.25, 0.3) is 0 Å². The molecule has 0 amide bonds. The summed E-state index contributed by atoms with van der Waals surface area (Å²) in [6.07, 6.45) is 5.69. The average Bonchev–Trinajstić information content (AvgIpc) is 2.52. The van der Waals surface area contributed by atoms with Gasteiger partial charge in [-0.05, 0) is 25.0 Å². The molecule has 1 aromatic carbocycles. The van der Waals surface area contributed by atoms with Crippen LogP contribution in [0.15, 0.2) is 16.9 Å². The zero-order chi connectivity index (χ0) is 15.1. The molecule has 2 aromatic rings.